The van der Waals surface area contributed by atoms with Gasteiger partial charge in [-0.3, -0.25) is 4.79 Å². The van der Waals surface area contributed by atoms with Gasteiger partial charge in [-0.25, -0.2) is 4.79 Å². The van der Waals surface area contributed by atoms with Crippen LogP contribution in [0, 0.1) is 6.92 Å². The molecule has 0 radical (unpaired) electrons. The van der Waals surface area contributed by atoms with Gasteiger partial charge in [-0.15, -0.1) is 0 Å². The molecule has 0 saturated carbocycles. The molecule has 0 aliphatic carbocycles. The van der Waals surface area contributed by atoms with E-state index in [1.165, 1.54) is 6.92 Å². The number of nitrogens with one attached hydrogen (secondary N) is 2. The fraction of sp³-hybridized carbons (Fsp3) is 0.385. The van der Waals surface area contributed by atoms with Crippen LogP contribution in [0.2, 0.25) is 0 Å². The third-order valence-corrected chi connectivity index (χ3v) is 2.70. The fourth-order valence-electron chi connectivity index (χ4n) is 1.61. The van der Waals surface area contributed by atoms with Crippen LogP contribution in [0.1, 0.15) is 25.0 Å². The van der Waals surface area contributed by atoms with Crippen LogP contribution in [0.3, 0.4) is 0 Å². The van der Waals surface area contributed by atoms with E-state index in [0.717, 1.165) is 23.2 Å². The van der Waals surface area contributed by atoms with Gasteiger partial charge < -0.3 is 15.7 Å². The van der Waals surface area contributed by atoms with Gasteiger partial charge in [0.15, 0.2) is 0 Å². The van der Waals surface area contributed by atoms with E-state index in [1.54, 1.807) is 0 Å². The quantitative estimate of drug-likeness (QED) is 0.766. The smallest absolute Gasteiger partial charge is 0.325 e. The number of amides is 2. The van der Waals surface area contributed by atoms with Crippen LogP contribution in [-0.4, -0.2) is 23.1 Å². The summed E-state index contributed by atoms with van der Waals surface area (Å²) in [4.78, 5) is 22.3. The molecule has 0 fully saturated rings. The van der Waals surface area contributed by atoms with Gasteiger partial charge in [0.05, 0.1) is 0 Å². The summed E-state index contributed by atoms with van der Waals surface area (Å²) in [5.74, 6) is -1.06. The number of aliphatic carboxylic acids is 1. The lowest BCUT2D eigenvalue weighted by Gasteiger charge is -2.15. The molecule has 0 aromatic heterocycles. The van der Waals surface area contributed by atoms with E-state index in [4.69, 9.17) is 5.11 Å². The number of para-hydroxylation sites is 1. The first kappa shape index (κ1) is 14.0. The molecular weight excluding hydrogens is 232 g/mol. The Labute approximate surface area is 106 Å². The number of carbonyl (C=O) groups excluding carboxylic acids is 1. The minimum Gasteiger partial charge on any atom is -0.480 e. The Hall–Kier alpha value is -2.04. The van der Waals surface area contributed by atoms with Gasteiger partial charge in [-0.1, -0.05) is 25.1 Å². The summed E-state index contributed by atoms with van der Waals surface area (Å²) in [6, 6.07) is 4.34. The third kappa shape index (κ3) is 3.48. The molecule has 0 aliphatic heterocycles. The van der Waals surface area contributed by atoms with Crippen molar-refractivity contribution in [1.82, 2.24) is 5.32 Å². The van der Waals surface area contributed by atoms with Crippen molar-refractivity contribution in [2.24, 2.45) is 0 Å². The van der Waals surface area contributed by atoms with Crippen molar-refractivity contribution in [3.63, 3.8) is 0 Å². The van der Waals surface area contributed by atoms with Gasteiger partial charge in [0.25, 0.3) is 0 Å². The highest BCUT2D eigenvalue weighted by atomic mass is 16.4. The summed E-state index contributed by atoms with van der Waals surface area (Å²) in [5, 5.41) is 13.8. The molecule has 98 valence electrons. The normalized spacial score (nSPS) is 11.7. The Bertz CT molecular complexity index is 458. The maximum atomic E-state index is 11.7. The average molecular weight is 250 g/mol. The van der Waals surface area contributed by atoms with Crippen molar-refractivity contribution in [2.75, 3.05) is 5.32 Å². The number of aryl methyl sites for hydroxylation is 2. The fourth-order valence-corrected chi connectivity index (χ4v) is 1.61. The molecule has 0 spiro atoms. The monoisotopic (exact) mass is 250 g/mol. The topological polar surface area (TPSA) is 78.4 Å². The Morgan fingerprint density at radius 1 is 1.39 bits per heavy atom. The number of carboxylic acid groups (broad SMARTS) is 1. The molecule has 2 amide bonds. The first-order chi connectivity index (χ1) is 8.45. The highest BCUT2D eigenvalue weighted by Crippen LogP contribution is 2.20. The number of benzene rings is 1. The van der Waals surface area contributed by atoms with E-state index in [2.05, 4.69) is 10.6 Å². The van der Waals surface area contributed by atoms with Gasteiger partial charge in [-0.05, 0) is 31.4 Å². The summed E-state index contributed by atoms with van der Waals surface area (Å²) in [6.45, 7) is 5.31. The maximum Gasteiger partial charge on any atom is 0.325 e. The Morgan fingerprint density at radius 2 is 2.06 bits per heavy atom. The molecule has 0 bridgehead atoms. The van der Waals surface area contributed by atoms with Crippen molar-refractivity contribution in [3.8, 4) is 0 Å². The number of anilines is 1. The first-order valence-electron chi connectivity index (χ1n) is 5.84. The molecule has 0 unspecified atom stereocenters. The number of urea groups is 1. The number of hydrogen-bond donors (Lipinski definition) is 3. The molecule has 0 heterocycles. The first-order valence-corrected chi connectivity index (χ1v) is 5.84. The van der Waals surface area contributed by atoms with Gasteiger partial charge in [0.1, 0.15) is 6.04 Å². The van der Waals surface area contributed by atoms with E-state index in [-0.39, 0.29) is 0 Å². The van der Waals surface area contributed by atoms with Crippen molar-refractivity contribution < 1.29 is 14.7 Å². The molecule has 18 heavy (non-hydrogen) atoms. The molecule has 1 aromatic rings. The van der Waals surface area contributed by atoms with E-state index in [0.29, 0.717) is 0 Å². The molecule has 5 nitrogen and oxygen atoms in total. The predicted octanol–water partition coefficient (Wildman–Crippen LogP) is 2.15. The maximum absolute atomic E-state index is 11.7. The zero-order chi connectivity index (χ0) is 13.7. The molecule has 1 aromatic carbocycles. The Morgan fingerprint density at radius 3 is 2.61 bits per heavy atom. The Kier molecular flexibility index (Phi) is 4.71. The minimum absolute atomic E-state index is 0.506. The van der Waals surface area contributed by atoms with E-state index >= 15 is 0 Å². The van der Waals surface area contributed by atoms with Crippen LogP contribution in [0.4, 0.5) is 10.5 Å². The van der Waals surface area contributed by atoms with Crippen LogP contribution in [0.15, 0.2) is 18.2 Å². The summed E-state index contributed by atoms with van der Waals surface area (Å²) in [6.07, 6.45) is 0.797. The number of hydrogen-bond acceptors (Lipinski definition) is 2. The molecule has 1 rings (SSSR count). The van der Waals surface area contributed by atoms with Crippen molar-refractivity contribution in [3.05, 3.63) is 29.3 Å². The molecule has 0 saturated heterocycles. The molecule has 3 N–H and O–H groups in total. The summed E-state index contributed by atoms with van der Waals surface area (Å²) in [7, 11) is 0. The average Bonchev–Trinajstić information content (AvgIpc) is 2.31. The highest BCUT2D eigenvalue weighted by Gasteiger charge is 2.15. The number of rotatable bonds is 4. The van der Waals surface area contributed by atoms with Crippen LogP contribution in [0.25, 0.3) is 0 Å². The van der Waals surface area contributed by atoms with Gasteiger partial charge in [-0.2, -0.15) is 0 Å². The van der Waals surface area contributed by atoms with E-state index in [1.807, 2.05) is 32.0 Å². The van der Waals surface area contributed by atoms with E-state index in [9.17, 15) is 9.59 Å². The van der Waals surface area contributed by atoms with Crippen LogP contribution < -0.4 is 10.6 Å². The minimum atomic E-state index is -1.06. The molecule has 1 atom stereocenters. The SMILES string of the molecule is CCc1cccc(C)c1NC(=O)N[C@@H](C)C(=O)O. The molecular formula is C13H18N2O3. The molecule has 0 aliphatic rings. The largest absolute Gasteiger partial charge is 0.480 e. The van der Waals surface area contributed by atoms with Crippen LogP contribution in [0.5, 0.6) is 0 Å². The summed E-state index contributed by atoms with van der Waals surface area (Å²) >= 11 is 0. The second kappa shape index (κ2) is 6.05. The van der Waals surface area contributed by atoms with E-state index < -0.39 is 18.0 Å². The van der Waals surface area contributed by atoms with Crippen LogP contribution >= 0.6 is 0 Å². The lowest BCUT2D eigenvalue weighted by atomic mass is 10.1. The second-order valence-corrected chi connectivity index (χ2v) is 4.12. The standard InChI is InChI=1S/C13H18N2O3/c1-4-10-7-5-6-8(2)11(10)15-13(18)14-9(3)12(16)17/h5-7,9H,4H2,1-3H3,(H,16,17)(H2,14,15,18)/t9-/m0/s1. The van der Waals surface area contributed by atoms with Gasteiger partial charge >= 0.3 is 12.0 Å². The van der Waals surface area contributed by atoms with Crippen molar-refractivity contribution in [1.29, 1.82) is 0 Å². The highest BCUT2D eigenvalue weighted by molar-refractivity contribution is 5.93. The molecule has 5 heteroatoms. The zero-order valence-electron chi connectivity index (χ0n) is 10.8. The number of carbonyl (C=O) groups is 2. The van der Waals surface area contributed by atoms with Crippen LogP contribution in [-0.2, 0) is 11.2 Å². The lowest BCUT2D eigenvalue weighted by Crippen LogP contribution is -2.41. The summed E-state index contributed by atoms with van der Waals surface area (Å²) < 4.78 is 0. The van der Waals surface area contributed by atoms with Crippen molar-refractivity contribution >= 4 is 17.7 Å². The second-order valence-electron chi connectivity index (χ2n) is 4.12. The zero-order valence-corrected chi connectivity index (χ0v) is 10.8. The number of carboxylic acids is 1. The predicted molar refractivity (Wildman–Crippen MR) is 69.8 cm³/mol. The van der Waals surface area contributed by atoms with Crippen molar-refractivity contribution in [2.45, 2.75) is 33.2 Å². The van der Waals surface area contributed by atoms with Gasteiger partial charge in [0.2, 0.25) is 0 Å². The van der Waals surface area contributed by atoms with Gasteiger partial charge in [0, 0.05) is 5.69 Å². The third-order valence-electron chi connectivity index (χ3n) is 2.70. The lowest BCUT2D eigenvalue weighted by molar-refractivity contribution is -0.138. The summed E-state index contributed by atoms with van der Waals surface area (Å²) in [5.41, 5.74) is 2.72. The Balaban J connectivity index is 2.79.